The first-order chi connectivity index (χ1) is 6.02. The summed E-state index contributed by atoms with van der Waals surface area (Å²) in [5.41, 5.74) is -1.04. The molecule has 76 valence electrons. The molecule has 0 aliphatic heterocycles. The van der Waals surface area contributed by atoms with Gasteiger partial charge in [-0.25, -0.2) is 0 Å². The molecule has 0 amide bonds. The molecule has 14 heavy (non-hydrogen) atoms. The highest BCUT2D eigenvalue weighted by Gasteiger charge is 2.14. The summed E-state index contributed by atoms with van der Waals surface area (Å²) in [5, 5.41) is 20.8. The normalized spacial score (nSPS) is 8.93. The molecule has 1 aromatic carbocycles. The molecule has 0 aliphatic carbocycles. The number of quaternary nitrogens is 1. The van der Waals surface area contributed by atoms with Crippen molar-refractivity contribution in [3.8, 4) is 0 Å². The van der Waals surface area contributed by atoms with Crippen molar-refractivity contribution >= 4 is 23.3 Å². The predicted molar refractivity (Wildman–Crippen MR) is 48.4 cm³/mol. The van der Waals surface area contributed by atoms with Crippen LogP contribution in [0.4, 0.5) is 5.69 Å². The first-order valence-electron chi connectivity index (χ1n) is 3.17. The first kappa shape index (κ1) is 12.3. The van der Waals surface area contributed by atoms with Crippen LogP contribution in [0.25, 0.3) is 0 Å². The number of carboxylic acid groups (broad SMARTS) is 1. The van der Waals surface area contributed by atoms with E-state index in [0.29, 0.717) is 0 Å². The summed E-state index contributed by atoms with van der Waals surface area (Å²) in [5.74, 6) is -1.59. The zero-order valence-electron chi connectivity index (χ0n) is 7.19. The number of nitro groups is 1. The van der Waals surface area contributed by atoms with Crippen molar-refractivity contribution in [1.82, 2.24) is 6.15 Å². The fourth-order valence-corrected chi connectivity index (χ4v) is 0.995. The van der Waals surface area contributed by atoms with Gasteiger partial charge in [0.1, 0.15) is 0 Å². The molecule has 0 saturated heterocycles. The second kappa shape index (κ2) is 4.54. The van der Waals surface area contributed by atoms with Crippen LogP contribution in [0, 0.1) is 10.1 Å². The summed E-state index contributed by atoms with van der Waals surface area (Å²) in [6.07, 6.45) is 0. The lowest BCUT2D eigenvalue weighted by molar-refractivity contribution is -0.385. The van der Waals surface area contributed by atoms with Crippen LogP contribution in [0.5, 0.6) is 0 Å². The Bertz CT molecular complexity index is 380. The molecule has 1 rings (SSSR count). The molecule has 6 nitrogen and oxygen atoms in total. The van der Waals surface area contributed by atoms with E-state index in [1.54, 1.807) is 0 Å². The topological polar surface area (TPSA) is 120 Å². The van der Waals surface area contributed by atoms with E-state index in [4.69, 9.17) is 11.6 Å². The molecule has 0 aliphatic rings. The van der Waals surface area contributed by atoms with Crippen molar-refractivity contribution in [1.29, 1.82) is 0 Å². The Morgan fingerprint density at radius 2 is 2.00 bits per heavy atom. The van der Waals surface area contributed by atoms with Crippen LogP contribution < -0.4 is 11.3 Å². The summed E-state index contributed by atoms with van der Waals surface area (Å²) in [6.45, 7) is 0. The second-order valence-corrected chi connectivity index (χ2v) is 2.64. The van der Waals surface area contributed by atoms with Gasteiger partial charge in [-0.2, -0.15) is 0 Å². The highest BCUT2D eigenvalue weighted by atomic mass is 35.5. The van der Waals surface area contributed by atoms with Crippen LogP contribution in [-0.4, -0.2) is 10.9 Å². The van der Waals surface area contributed by atoms with Gasteiger partial charge in [0.15, 0.2) is 0 Å². The molecule has 0 heterocycles. The number of carboxylic acids is 1. The first-order valence-corrected chi connectivity index (χ1v) is 3.55. The summed E-state index contributed by atoms with van der Waals surface area (Å²) in [6, 6.07) is 3.25. The van der Waals surface area contributed by atoms with Gasteiger partial charge in [-0.3, -0.25) is 10.1 Å². The number of hydrogen-bond donors (Lipinski definition) is 1. The van der Waals surface area contributed by atoms with Crippen LogP contribution >= 0.6 is 11.6 Å². The quantitative estimate of drug-likeness (QED) is 0.588. The van der Waals surface area contributed by atoms with E-state index in [2.05, 4.69) is 0 Å². The molecule has 4 N–H and O–H groups in total. The number of nitrogens with zero attached hydrogens (tertiary/aromatic N) is 1. The van der Waals surface area contributed by atoms with E-state index in [1.165, 1.54) is 6.07 Å². The Kier molecular flexibility index (Phi) is 4.00. The maximum atomic E-state index is 10.4. The van der Waals surface area contributed by atoms with Crippen molar-refractivity contribution in [3.05, 3.63) is 38.9 Å². The summed E-state index contributed by atoms with van der Waals surface area (Å²) in [4.78, 5) is 19.9. The Hall–Kier alpha value is -1.66. The minimum Gasteiger partial charge on any atom is -0.545 e. The molecule has 0 radical (unpaired) electrons. The van der Waals surface area contributed by atoms with Crippen LogP contribution in [0.2, 0.25) is 5.02 Å². The van der Waals surface area contributed by atoms with Crippen LogP contribution in [0.1, 0.15) is 10.4 Å². The van der Waals surface area contributed by atoms with E-state index in [9.17, 15) is 20.0 Å². The van der Waals surface area contributed by atoms with Crippen LogP contribution in [0.15, 0.2) is 18.2 Å². The second-order valence-electron chi connectivity index (χ2n) is 2.21. The van der Waals surface area contributed by atoms with Gasteiger partial charge in [0.25, 0.3) is 5.69 Å². The maximum Gasteiger partial charge on any atom is 0.279 e. The average Bonchev–Trinajstić information content (AvgIpc) is 2.03. The van der Waals surface area contributed by atoms with Gasteiger partial charge in [0, 0.05) is 11.1 Å². The zero-order valence-corrected chi connectivity index (χ0v) is 7.95. The number of aromatic carboxylic acids is 1. The predicted octanol–water partition coefficient (Wildman–Crippen LogP) is 0.988. The fraction of sp³-hybridized carbons (Fsp3) is 0. The molecular formula is C7H7ClN2O4. The average molecular weight is 219 g/mol. The van der Waals surface area contributed by atoms with Gasteiger partial charge in [-0.1, -0.05) is 11.6 Å². The lowest BCUT2D eigenvalue weighted by Gasteiger charge is -2.02. The zero-order chi connectivity index (χ0) is 10.0. The Balaban J connectivity index is 0.00000169. The highest BCUT2D eigenvalue weighted by molar-refractivity contribution is 6.31. The van der Waals surface area contributed by atoms with E-state index in [1.807, 2.05) is 0 Å². The van der Waals surface area contributed by atoms with Gasteiger partial charge in [0.2, 0.25) is 0 Å². The number of carbonyl (C=O) groups excluding carboxylic acids is 1. The molecule has 0 bridgehead atoms. The van der Waals surface area contributed by atoms with Gasteiger partial charge in [0.05, 0.1) is 16.5 Å². The van der Waals surface area contributed by atoms with Crippen molar-refractivity contribution in [2.45, 2.75) is 0 Å². The van der Waals surface area contributed by atoms with Crippen molar-refractivity contribution in [2.24, 2.45) is 0 Å². The molecule has 0 aromatic heterocycles. The molecule has 0 fully saturated rings. The molecule has 7 heteroatoms. The van der Waals surface area contributed by atoms with Gasteiger partial charge < -0.3 is 16.1 Å². The fourth-order valence-electron chi connectivity index (χ4n) is 0.828. The Labute approximate surface area is 83.8 Å². The minimum atomic E-state index is -1.59. The number of hydrogen-bond acceptors (Lipinski definition) is 4. The summed E-state index contributed by atoms with van der Waals surface area (Å²) in [7, 11) is 0. The number of carbonyl (C=O) groups is 1. The largest absolute Gasteiger partial charge is 0.545 e. The monoisotopic (exact) mass is 218 g/mol. The van der Waals surface area contributed by atoms with E-state index < -0.39 is 22.1 Å². The lowest BCUT2D eigenvalue weighted by Crippen LogP contribution is -2.23. The standard InChI is InChI=1S/C7H4ClNO4.H3N/c8-4-1-2-5(7(10)11)6(3-4)9(12)13;/h1-3H,(H,10,11);1H3. The van der Waals surface area contributed by atoms with E-state index in [0.717, 1.165) is 12.1 Å². The Morgan fingerprint density at radius 3 is 2.43 bits per heavy atom. The third-order valence-corrected chi connectivity index (χ3v) is 1.61. The van der Waals surface area contributed by atoms with Gasteiger partial charge in [-0.05, 0) is 12.1 Å². The molecule has 0 spiro atoms. The van der Waals surface area contributed by atoms with Crippen LogP contribution in [-0.2, 0) is 0 Å². The van der Waals surface area contributed by atoms with Crippen LogP contribution in [0.3, 0.4) is 0 Å². The number of benzene rings is 1. The molecule has 0 saturated carbocycles. The molecule has 0 atom stereocenters. The molecule has 0 unspecified atom stereocenters. The third-order valence-electron chi connectivity index (χ3n) is 1.38. The maximum absolute atomic E-state index is 10.4. The highest BCUT2D eigenvalue weighted by Crippen LogP contribution is 2.22. The van der Waals surface area contributed by atoms with Crippen molar-refractivity contribution in [2.75, 3.05) is 0 Å². The molecular weight excluding hydrogens is 212 g/mol. The van der Waals surface area contributed by atoms with Crippen molar-refractivity contribution in [3.63, 3.8) is 0 Å². The smallest absolute Gasteiger partial charge is 0.279 e. The summed E-state index contributed by atoms with van der Waals surface area (Å²) >= 11 is 5.45. The van der Waals surface area contributed by atoms with Gasteiger partial charge >= 0.3 is 0 Å². The number of halogens is 1. The Morgan fingerprint density at radius 1 is 1.43 bits per heavy atom. The van der Waals surface area contributed by atoms with Crippen molar-refractivity contribution < 1.29 is 14.8 Å². The number of rotatable bonds is 2. The molecule has 1 aromatic rings. The van der Waals surface area contributed by atoms with Gasteiger partial charge in [-0.15, -0.1) is 0 Å². The minimum absolute atomic E-state index is 0. The third kappa shape index (κ3) is 2.41. The summed E-state index contributed by atoms with van der Waals surface area (Å²) < 4.78 is 0. The SMILES string of the molecule is O=C([O-])c1ccc(Cl)cc1[N+](=O)[O-].[NH4+]. The van der Waals surface area contributed by atoms with E-state index >= 15 is 0 Å². The number of nitro benzene ring substituents is 1. The lowest BCUT2D eigenvalue weighted by atomic mass is 10.2. The van der Waals surface area contributed by atoms with E-state index in [-0.39, 0.29) is 11.2 Å².